The van der Waals surface area contributed by atoms with Crippen LogP contribution < -0.4 is 0 Å². The highest BCUT2D eigenvalue weighted by Gasteiger charge is 2.34. The first kappa shape index (κ1) is 14.9. The molecule has 4 nitrogen and oxygen atoms in total. The van der Waals surface area contributed by atoms with Gasteiger partial charge in [-0.2, -0.15) is 0 Å². The largest absolute Gasteiger partial charge is 0.481 e. The number of hydrogen-bond donors (Lipinski definition) is 1. The van der Waals surface area contributed by atoms with Crippen molar-refractivity contribution in [3.8, 4) is 0 Å². The smallest absolute Gasteiger partial charge is 0.320 e. The quantitative estimate of drug-likeness (QED) is 0.514. The van der Waals surface area contributed by atoms with Gasteiger partial charge in [-0.15, -0.1) is 0 Å². The lowest BCUT2D eigenvalue weighted by Crippen LogP contribution is -2.33. The van der Waals surface area contributed by atoms with E-state index in [2.05, 4.69) is 0 Å². The molecule has 0 bridgehead atoms. The molecule has 0 heterocycles. The Labute approximate surface area is 97.0 Å². The van der Waals surface area contributed by atoms with Gasteiger partial charge < -0.3 is 9.84 Å². The van der Waals surface area contributed by atoms with Gasteiger partial charge in [0.1, 0.15) is 0 Å². The number of ether oxygens (including phenoxy) is 1. The summed E-state index contributed by atoms with van der Waals surface area (Å²) in [5.41, 5.74) is 0. The zero-order chi connectivity index (χ0) is 12.6. The third-order valence-electron chi connectivity index (χ3n) is 2.60. The van der Waals surface area contributed by atoms with Gasteiger partial charge in [0.2, 0.25) is 0 Å². The highest BCUT2D eigenvalue weighted by Crippen LogP contribution is 2.24. The van der Waals surface area contributed by atoms with Gasteiger partial charge in [0.05, 0.1) is 6.61 Å². The number of carboxylic acids is 1. The predicted octanol–water partition coefficient (Wildman–Crippen LogP) is 2.47. The number of hydrogen-bond acceptors (Lipinski definition) is 3. The van der Waals surface area contributed by atoms with E-state index in [-0.39, 0.29) is 12.5 Å². The van der Waals surface area contributed by atoms with E-state index in [0.717, 1.165) is 25.7 Å². The molecule has 0 saturated carbocycles. The molecule has 94 valence electrons. The summed E-state index contributed by atoms with van der Waals surface area (Å²) in [4.78, 5) is 22.7. The van der Waals surface area contributed by atoms with Crippen LogP contribution >= 0.6 is 0 Å². The van der Waals surface area contributed by atoms with Crippen LogP contribution in [0.15, 0.2) is 0 Å². The minimum absolute atomic E-state index is 0.105. The minimum Gasteiger partial charge on any atom is -0.481 e. The summed E-state index contributed by atoms with van der Waals surface area (Å²) in [5, 5.41) is 9.09. The molecule has 0 rings (SSSR count). The van der Waals surface area contributed by atoms with Gasteiger partial charge in [-0.05, 0) is 25.7 Å². The molecular weight excluding hydrogens is 208 g/mol. The Kier molecular flexibility index (Phi) is 7.60. The zero-order valence-corrected chi connectivity index (χ0v) is 10.4. The fourth-order valence-electron chi connectivity index (χ4n) is 1.95. The number of aliphatic carboxylic acids is 1. The molecule has 4 heteroatoms. The van der Waals surface area contributed by atoms with Crippen molar-refractivity contribution in [3.63, 3.8) is 0 Å². The summed E-state index contributed by atoms with van der Waals surface area (Å²) in [5.74, 6) is -2.77. The van der Waals surface area contributed by atoms with Gasteiger partial charge in [0.25, 0.3) is 0 Å². The van der Waals surface area contributed by atoms with Crippen molar-refractivity contribution >= 4 is 11.9 Å². The first-order valence-electron chi connectivity index (χ1n) is 5.97. The van der Waals surface area contributed by atoms with E-state index in [1.54, 1.807) is 6.92 Å². The van der Waals surface area contributed by atoms with Crippen LogP contribution in [0.1, 0.15) is 46.5 Å². The molecule has 0 aliphatic carbocycles. The lowest BCUT2D eigenvalue weighted by atomic mass is 9.85. The molecule has 0 aromatic rings. The van der Waals surface area contributed by atoms with Crippen molar-refractivity contribution in [2.75, 3.05) is 6.61 Å². The molecule has 0 radical (unpaired) electrons. The van der Waals surface area contributed by atoms with Crippen LogP contribution in [0.25, 0.3) is 0 Å². The SMILES string of the molecule is CCCC(CCC)C(C(=O)O)C(=O)OCC. The van der Waals surface area contributed by atoms with Crippen LogP contribution in [0, 0.1) is 11.8 Å². The second-order valence-electron chi connectivity index (χ2n) is 3.91. The summed E-state index contributed by atoms with van der Waals surface area (Å²) < 4.78 is 4.82. The van der Waals surface area contributed by atoms with E-state index in [1.807, 2.05) is 13.8 Å². The number of carbonyl (C=O) groups is 2. The molecule has 0 amide bonds. The zero-order valence-electron chi connectivity index (χ0n) is 10.4. The molecule has 0 aromatic heterocycles. The maximum absolute atomic E-state index is 11.6. The molecule has 1 N–H and O–H groups in total. The molecule has 0 fully saturated rings. The van der Waals surface area contributed by atoms with Crippen molar-refractivity contribution in [1.29, 1.82) is 0 Å². The second-order valence-corrected chi connectivity index (χ2v) is 3.91. The van der Waals surface area contributed by atoms with Crippen LogP contribution in [0.2, 0.25) is 0 Å². The van der Waals surface area contributed by atoms with Gasteiger partial charge in [-0.25, -0.2) is 0 Å². The van der Waals surface area contributed by atoms with E-state index in [4.69, 9.17) is 9.84 Å². The van der Waals surface area contributed by atoms with Crippen molar-refractivity contribution in [1.82, 2.24) is 0 Å². The maximum Gasteiger partial charge on any atom is 0.320 e. The lowest BCUT2D eigenvalue weighted by molar-refractivity contribution is -0.161. The molecule has 0 aliphatic rings. The van der Waals surface area contributed by atoms with Crippen molar-refractivity contribution in [2.45, 2.75) is 46.5 Å². The fraction of sp³-hybridized carbons (Fsp3) is 0.833. The van der Waals surface area contributed by atoms with E-state index in [0.29, 0.717) is 0 Å². The summed E-state index contributed by atoms with van der Waals surface area (Å²) >= 11 is 0. The van der Waals surface area contributed by atoms with E-state index < -0.39 is 17.9 Å². The molecule has 16 heavy (non-hydrogen) atoms. The predicted molar refractivity (Wildman–Crippen MR) is 61.1 cm³/mol. The Balaban J connectivity index is 4.68. The van der Waals surface area contributed by atoms with Gasteiger partial charge in [-0.1, -0.05) is 26.7 Å². The molecule has 1 atom stereocenters. The van der Waals surface area contributed by atoms with Gasteiger partial charge in [0.15, 0.2) is 5.92 Å². The molecule has 0 aliphatic heterocycles. The van der Waals surface area contributed by atoms with Crippen molar-refractivity contribution in [2.24, 2.45) is 11.8 Å². The fourth-order valence-corrected chi connectivity index (χ4v) is 1.95. The lowest BCUT2D eigenvalue weighted by Gasteiger charge is -2.21. The Hall–Kier alpha value is -1.06. The normalized spacial score (nSPS) is 12.5. The average Bonchev–Trinajstić information content (AvgIpc) is 2.18. The Morgan fingerprint density at radius 2 is 1.62 bits per heavy atom. The van der Waals surface area contributed by atoms with Crippen LogP contribution in [0.3, 0.4) is 0 Å². The van der Waals surface area contributed by atoms with E-state index >= 15 is 0 Å². The molecular formula is C12H22O4. The van der Waals surface area contributed by atoms with Gasteiger partial charge in [0, 0.05) is 0 Å². The second kappa shape index (κ2) is 8.13. The summed E-state index contributed by atoms with van der Waals surface area (Å²) in [7, 11) is 0. The third kappa shape index (κ3) is 4.64. The summed E-state index contributed by atoms with van der Waals surface area (Å²) in [6.45, 7) is 5.90. The van der Waals surface area contributed by atoms with Crippen LogP contribution in [-0.4, -0.2) is 23.7 Å². The number of carbonyl (C=O) groups excluding carboxylic acids is 1. The molecule has 0 spiro atoms. The van der Waals surface area contributed by atoms with Gasteiger partial charge in [-0.3, -0.25) is 9.59 Å². The molecule has 0 aromatic carbocycles. The molecule has 1 unspecified atom stereocenters. The van der Waals surface area contributed by atoms with Crippen molar-refractivity contribution in [3.05, 3.63) is 0 Å². The van der Waals surface area contributed by atoms with Gasteiger partial charge >= 0.3 is 11.9 Å². The number of carboxylic acid groups (broad SMARTS) is 1. The minimum atomic E-state index is -1.06. The monoisotopic (exact) mass is 230 g/mol. The summed E-state index contributed by atoms with van der Waals surface area (Å²) in [6.07, 6.45) is 3.27. The highest BCUT2D eigenvalue weighted by atomic mass is 16.5. The highest BCUT2D eigenvalue weighted by molar-refractivity contribution is 5.94. The van der Waals surface area contributed by atoms with Crippen molar-refractivity contribution < 1.29 is 19.4 Å². The van der Waals surface area contributed by atoms with E-state index in [1.165, 1.54) is 0 Å². The summed E-state index contributed by atoms with van der Waals surface area (Å²) in [6, 6.07) is 0. The van der Waals surface area contributed by atoms with Crippen LogP contribution in [0.5, 0.6) is 0 Å². The number of rotatable bonds is 8. The topological polar surface area (TPSA) is 63.6 Å². The van der Waals surface area contributed by atoms with Crippen LogP contribution in [0.4, 0.5) is 0 Å². The maximum atomic E-state index is 11.6. The Morgan fingerprint density at radius 3 is 1.94 bits per heavy atom. The van der Waals surface area contributed by atoms with E-state index in [9.17, 15) is 9.59 Å². The van der Waals surface area contributed by atoms with Crippen LogP contribution in [-0.2, 0) is 14.3 Å². The third-order valence-corrected chi connectivity index (χ3v) is 2.60. The average molecular weight is 230 g/mol. The molecule has 0 saturated heterocycles. The standard InChI is InChI=1S/C12H22O4/c1-4-7-9(8-5-2)10(11(13)14)12(15)16-6-3/h9-10H,4-8H2,1-3H3,(H,13,14). The Bertz CT molecular complexity index is 219. The number of esters is 1. The Morgan fingerprint density at radius 1 is 1.12 bits per heavy atom. The first-order chi connectivity index (χ1) is 7.58. The first-order valence-corrected chi connectivity index (χ1v) is 5.97.